The van der Waals surface area contributed by atoms with Crippen LogP contribution in [0, 0.1) is 0 Å². The van der Waals surface area contributed by atoms with Gasteiger partial charge < -0.3 is 14.6 Å². The molecule has 0 aliphatic carbocycles. The summed E-state index contributed by atoms with van der Waals surface area (Å²) in [5.74, 6) is -0.854. The van der Waals surface area contributed by atoms with Gasteiger partial charge in [0.25, 0.3) is 0 Å². The van der Waals surface area contributed by atoms with Gasteiger partial charge in [-0.25, -0.2) is 4.79 Å². The second-order valence-corrected chi connectivity index (χ2v) is 5.49. The number of carbonyl (C=O) groups is 1. The smallest absolute Gasteiger partial charge is 0.337 e. The zero-order chi connectivity index (χ0) is 15.2. The summed E-state index contributed by atoms with van der Waals surface area (Å²) in [5.41, 5.74) is 2.42. The lowest BCUT2D eigenvalue weighted by Gasteiger charge is -2.13. The largest absolute Gasteiger partial charge is 0.478 e. The van der Waals surface area contributed by atoms with Crippen molar-refractivity contribution in [3.8, 4) is 0 Å². The van der Waals surface area contributed by atoms with Crippen molar-refractivity contribution in [2.75, 3.05) is 20.6 Å². The van der Waals surface area contributed by atoms with Crippen molar-refractivity contribution in [1.82, 2.24) is 9.47 Å². The minimum atomic E-state index is -0.854. The monoisotopic (exact) mass is 286 g/mol. The van der Waals surface area contributed by atoms with Crippen LogP contribution in [0.5, 0.6) is 0 Å². The normalized spacial score (nSPS) is 11.0. The van der Waals surface area contributed by atoms with Crippen molar-refractivity contribution in [3.63, 3.8) is 0 Å². The Kier molecular flexibility index (Phi) is 5.17. The average Bonchev–Trinajstić information content (AvgIpc) is 2.83. The van der Waals surface area contributed by atoms with Crippen LogP contribution >= 0.6 is 0 Å². The number of benzene rings is 1. The first-order valence-electron chi connectivity index (χ1n) is 7.18. The van der Waals surface area contributed by atoms with Crippen molar-refractivity contribution < 1.29 is 9.90 Å². The Morgan fingerprint density at radius 3 is 2.52 bits per heavy atom. The second-order valence-electron chi connectivity index (χ2n) is 5.49. The third-order valence-electron chi connectivity index (χ3n) is 3.53. The lowest BCUT2D eigenvalue weighted by Crippen LogP contribution is -2.16. The number of nitrogens with zero attached hydrogens (tertiary/aromatic N) is 2. The molecule has 1 N–H and O–H groups in total. The van der Waals surface area contributed by atoms with Crippen LogP contribution in [0.2, 0.25) is 0 Å². The summed E-state index contributed by atoms with van der Waals surface area (Å²) >= 11 is 0. The number of carboxylic acids is 1. The maximum absolute atomic E-state index is 11.4. The standard InChI is InChI=1S/C17H22N2O2/c1-18(2)10-6-11-19-12-9-15(17(20)21)16(19)13-14-7-4-3-5-8-14/h3-5,7-9,12H,6,10-11,13H2,1-2H3,(H,20,21). The molecule has 0 amide bonds. The molecule has 1 aromatic carbocycles. The van der Waals surface area contributed by atoms with E-state index in [9.17, 15) is 9.90 Å². The number of aromatic nitrogens is 1. The van der Waals surface area contributed by atoms with Gasteiger partial charge >= 0.3 is 5.97 Å². The number of hydrogen-bond acceptors (Lipinski definition) is 2. The van der Waals surface area contributed by atoms with Gasteiger partial charge in [0, 0.05) is 24.9 Å². The summed E-state index contributed by atoms with van der Waals surface area (Å²) in [6, 6.07) is 11.7. The van der Waals surface area contributed by atoms with E-state index in [2.05, 4.69) is 9.47 Å². The van der Waals surface area contributed by atoms with Gasteiger partial charge in [-0.2, -0.15) is 0 Å². The van der Waals surface area contributed by atoms with Gasteiger partial charge in [-0.3, -0.25) is 0 Å². The van der Waals surface area contributed by atoms with Crippen molar-refractivity contribution in [2.45, 2.75) is 19.4 Å². The van der Waals surface area contributed by atoms with Crippen LogP contribution in [0.15, 0.2) is 42.6 Å². The van der Waals surface area contributed by atoms with Crippen molar-refractivity contribution in [3.05, 3.63) is 59.4 Å². The molecule has 112 valence electrons. The maximum Gasteiger partial charge on any atom is 0.337 e. The van der Waals surface area contributed by atoms with Crippen molar-refractivity contribution in [1.29, 1.82) is 0 Å². The van der Waals surface area contributed by atoms with Crippen LogP contribution in [0.3, 0.4) is 0 Å². The fraction of sp³-hybridized carbons (Fsp3) is 0.353. The van der Waals surface area contributed by atoms with Crippen molar-refractivity contribution in [2.24, 2.45) is 0 Å². The predicted octanol–water partition coefficient (Wildman–Crippen LogP) is 2.73. The Labute approximate surface area is 125 Å². The van der Waals surface area contributed by atoms with E-state index in [1.165, 1.54) is 0 Å². The van der Waals surface area contributed by atoms with E-state index in [-0.39, 0.29) is 0 Å². The van der Waals surface area contributed by atoms with Crippen LogP contribution in [0.25, 0.3) is 0 Å². The van der Waals surface area contributed by atoms with Crippen LogP contribution in [-0.2, 0) is 13.0 Å². The molecule has 1 heterocycles. The third kappa shape index (κ3) is 4.20. The zero-order valence-electron chi connectivity index (χ0n) is 12.6. The van der Waals surface area contributed by atoms with E-state index in [4.69, 9.17) is 0 Å². The highest BCUT2D eigenvalue weighted by atomic mass is 16.4. The zero-order valence-corrected chi connectivity index (χ0v) is 12.6. The highest BCUT2D eigenvalue weighted by Gasteiger charge is 2.15. The molecule has 0 fully saturated rings. The van der Waals surface area contributed by atoms with Gasteiger partial charge in [0.15, 0.2) is 0 Å². The van der Waals surface area contributed by atoms with E-state index >= 15 is 0 Å². The highest BCUT2D eigenvalue weighted by molar-refractivity contribution is 5.89. The first kappa shape index (κ1) is 15.3. The molecule has 4 heteroatoms. The maximum atomic E-state index is 11.4. The van der Waals surface area contributed by atoms with E-state index < -0.39 is 5.97 Å². The van der Waals surface area contributed by atoms with Crippen molar-refractivity contribution >= 4 is 5.97 Å². The SMILES string of the molecule is CN(C)CCCn1ccc(C(=O)O)c1Cc1ccccc1. The van der Waals surface area contributed by atoms with Gasteiger partial charge in [0.05, 0.1) is 5.56 Å². The number of carboxylic acid groups (broad SMARTS) is 1. The minimum Gasteiger partial charge on any atom is -0.478 e. The molecule has 0 radical (unpaired) electrons. The fourth-order valence-corrected chi connectivity index (χ4v) is 2.45. The molecule has 0 atom stereocenters. The number of aryl methyl sites for hydroxylation is 1. The summed E-state index contributed by atoms with van der Waals surface area (Å²) in [4.78, 5) is 13.5. The Morgan fingerprint density at radius 1 is 1.19 bits per heavy atom. The number of rotatable bonds is 7. The molecule has 0 saturated heterocycles. The lowest BCUT2D eigenvalue weighted by molar-refractivity contribution is 0.0695. The summed E-state index contributed by atoms with van der Waals surface area (Å²) in [6.45, 7) is 1.83. The molecule has 0 saturated carbocycles. The summed E-state index contributed by atoms with van der Waals surface area (Å²) in [6.07, 6.45) is 3.54. The summed E-state index contributed by atoms with van der Waals surface area (Å²) in [7, 11) is 4.09. The van der Waals surface area contributed by atoms with E-state index in [0.29, 0.717) is 12.0 Å². The summed E-state index contributed by atoms with van der Waals surface area (Å²) < 4.78 is 2.07. The number of aromatic carboxylic acids is 1. The van der Waals surface area contributed by atoms with Gasteiger partial charge in [-0.1, -0.05) is 30.3 Å². The fourth-order valence-electron chi connectivity index (χ4n) is 2.45. The van der Waals surface area contributed by atoms with Crippen LogP contribution in [0.4, 0.5) is 0 Å². The molecular weight excluding hydrogens is 264 g/mol. The topological polar surface area (TPSA) is 45.5 Å². The molecule has 0 aliphatic heterocycles. The molecule has 0 spiro atoms. The van der Waals surface area contributed by atoms with E-state index in [1.807, 2.05) is 50.6 Å². The Bertz CT molecular complexity index is 588. The van der Waals surface area contributed by atoms with Crippen LogP contribution in [-0.4, -0.2) is 41.2 Å². The minimum absolute atomic E-state index is 0.406. The molecule has 2 aromatic rings. The quantitative estimate of drug-likeness (QED) is 0.851. The van der Waals surface area contributed by atoms with Gasteiger partial charge in [-0.15, -0.1) is 0 Å². The third-order valence-corrected chi connectivity index (χ3v) is 3.53. The molecule has 1 aromatic heterocycles. The Hall–Kier alpha value is -2.07. The highest BCUT2D eigenvalue weighted by Crippen LogP contribution is 2.17. The molecule has 2 rings (SSSR count). The van der Waals surface area contributed by atoms with Gasteiger partial charge in [0.2, 0.25) is 0 Å². The number of hydrogen-bond donors (Lipinski definition) is 1. The summed E-state index contributed by atoms with van der Waals surface area (Å²) in [5, 5.41) is 9.35. The van der Waals surface area contributed by atoms with Gasteiger partial charge in [0.1, 0.15) is 0 Å². The molecule has 4 nitrogen and oxygen atoms in total. The molecule has 0 bridgehead atoms. The van der Waals surface area contributed by atoms with Gasteiger partial charge in [-0.05, 0) is 38.7 Å². The molecular formula is C17H22N2O2. The first-order valence-corrected chi connectivity index (χ1v) is 7.18. The average molecular weight is 286 g/mol. The Balaban J connectivity index is 2.19. The Morgan fingerprint density at radius 2 is 1.90 bits per heavy atom. The van der Waals surface area contributed by atoms with E-state index in [1.54, 1.807) is 6.07 Å². The molecule has 0 aliphatic rings. The molecule has 21 heavy (non-hydrogen) atoms. The van der Waals surface area contributed by atoms with Crippen LogP contribution < -0.4 is 0 Å². The first-order chi connectivity index (χ1) is 10.1. The lowest BCUT2D eigenvalue weighted by atomic mass is 10.1. The van der Waals surface area contributed by atoms with Crippen LogP contribution in [0.1, 0.15) is 28.0 Å². The second kappa shape index (κ2) is 7.09. The molecule has 0 unspecified atom stereocenters. The predicted molar refractivity (Wildman–Crippen MR) is 83.8 cm³/mol. The van der Waals surface area contributed by atoms with E-state index in [0.717, 1.165) is 30.8 Å².